The predicted molar refractivity (Wildman–Crippen MR) is 110 cm³/mol. The molecular weight excluding hydrogens is 385 g/mol. The number of carbonyl (C=O) groups excluding carboxylic acids is 3. The maximum Gasteiger partial charge on any atom is 0.271 e. The van der Waals surface area contributed by atoms with Crippen LogP contribution in [0.4, 0.5) is 10.1 Å². The Kier molecular flexibility index (Phi) is 5.44. The van der Waals surface area contributed by atoms with E-state index in [0.717, 1.165) is 37.3 Å². The van der Waals surface area contributed by atoms with E-state index in [9.17, 15) is 18.8 Å². The van der Waals surface area contributed by atoms with Crippen molar-refractivity contribution < 1.29 is 18.8 Å². The number of hydrazone groups is 1. The topological polar surface area (TPSA) is 78.8 Å². The summed E-state index contributed by atoms with van der Waals surface area (Å²) in [5.74, 6) is -1.60. The van der Waals surface area contributed by atoms with Crippen LogP contribution in [0.1, 0.15) is 48.5 Å². The highest BCUT2D eigenvalue weighted by Gasteiger charge is 2.48. The molecule has 0 aromatic heterocycles. The Morgan fingerprint density at radius 2 is 1.63 bits per heavy atom. The van der Waals surface area contributed by atoms with Crippen molar-refractivity contribution in [1.82, 2.24) is 5.43 Å². The third-order valence-electron chi connectivity index (χ3n) is 5.80. The molecule has 2 atom stereocenters. The molecule has 6 nitrogen and oxygen atoms in total. The van der Waals surface area contributed by atoms with Gasteiger partial charge in [0, 0.05) is 5.56 Å². The van der Waals surface area contributed by atoms with Crippen LogP contribution in [0.25, 0.3) is 0 Å². The van der Waals surface area contributed by atoms with Crippen LogP contribution in [0.15, 0.2) is 53.6 Å². The number of halogens is 1. The van der Waals surface area contributed by atoms with Crippen LogP contribution >= 0.6 is 0 Å². The summed E-state index contributed by atoms with van der Waals surface area (Å²) in [5, 5.41) is 4.06. The summed E-state index contributed by atoms with van der Waals surface area (Å²) >= 11 is 0. The van der Waals surface area contributed by atoms with Crippen LogP contribution < -0.4 is 10.3 Å². The minimum Gasteiger partial charge on any atom is -0.274 e. The highest BCUT2D eigenvalue weighted by molar-refractivity contribution is 6.22. The maximum absolute atomic E-state index is 13.2. The van der Waals surface area contributed by atoms with Crippen LogP contribution in [-0.4, -0.2) is 23.4 Å². The number of rotatable bonds is 4. The van der Waals surface area contributed by atoms with Crippen molar-refractivity contribution in [3.8, 4) is 0 Å². The first kappa shape index (κ1) is 19.9. The van der Waals surface area contributed by atoms with Gasteiger partial charge in [0.1, 0.15) is 5.82 Å². The summed E-state index contributed by atoms with van der Waals surface area (Å²) in [5.41, 5.74) is 4.41. The van der Waals surface area contributed by atoms with E-state index in [1.807, 2.05) is 0 Å². The molecule has 0 bridgehead atoms. The highest BCUT2D eigenvalue weighted by atomic mass is 19.1. The first-order valence-corrected chi connectivity index (χ1v) is 10.0. The number of anilines is 1. The summed E-state index contributed by atoms with van der Waals surface area (Å²) in [7, 11) is 0. The Balaban J connectivity index is 1.46. The van der Waals surface area contributed by atoms with E-state index in [1.54, 1.807) is 31.2 Å². The van der Waals surface area contributed by atoms with Crippen molar-refractivity contribution in [3.05, 3.63) is 65.5 Å². The Labute approximate surface area is 173 Å². The third-order valence-corrected chi connectivity index (χ3v) is 5.80. The fourth-order valence-electron chi connectivity index (χ4n) is 4.16. The molecule has 1 saturated carbocycles. The van der Waals surface area contributed by atoms with Gasteiger partial charge in [-0.1, -0.05) is 31.0 Å². The lowest BCUT2D eigenvalue weighted by atomic mass is 9.81. The molecule has 2 aliphatic rings. The van der Waals surface area contributed by atoms with Crippen molar-refractivity contribution >= 4 is 29.1 Å². The van der Waals surface area contributed by atoms with E-state index in [0.29, 0.717) is 11.4 Å². The second-order valence-electron chi connectivity index (χ2n) is 7.70. The normalized spacial score (nSPS) is 21.5. The number of fused-ring (bicyclic) bond motifs is 1. The summed E-state index contributed by atoms with van der Waals surface area (Å²) in [6.07, 6.45) is 3.54. The fourth-order valence-corrected chi connectivity index (χ4v) is 4.16. The second kappa shape index (κ2) is 8.18. The van der Waals surface area contributed by atoms with E-state index >= 15 is 0 Å². The summed E-state index contributed by atoms with van der Waals surface area (Å²) in [6.45, 7) is 1.72. The van der Waals surface area contributed by atoms with Crippen molar-refractivity contribution in [2.75, 3.05) is 4.90 Å². The number of benzene rings is 2. The highest BCUT2D eigenvalue weighted by Crippen LogP contribution is 2.40. The SMILES string of the molecule is C/C(=N/NC(=O)c1cccc(F)c1)c1ccc(N2C(=O)[C@@H]3CCCC[C@H]3C2=O)cc1. The smallest absolute Gasteiger partial charge is 0.271 e. The van der Waals surface area contributed by atoms with Gasteiger partial charge in [-0.15, -0.1) is 0 Å². The van der Waals surface area contributed by atoms with Gasteiger partial charge in [-0.05, 0) is 55.7 Å². The van der Waals surface area contributed by atoms with Crippen LogP contribution in [0, 0.1) is 17.7 Å². The molecular formula is C23H22FN3O3. The first-order valence-electron chi connectivity index (χ1n) is 10.0. The molecule has 0 radical (unpaired) electrons. The molecule has 2 aromatic rings. The Bertz CT molecular complexity index is 1010. The van der Waals surface area contributed by atoms with Gasteiger partial charge >= 0.3 is 0 Å². The molecule has 30 heavy (non-hydrogen) atoms. The molecule has 1 N–H and O–H groups in total. The minimum atomic E-state index is -0.513. The van der Waals surface area contributed by atoms with E-state index < -0.39 is 11.7 Å². The number of nitrogens with one attached hydrogen (secondary N) is 1. The van der Waals surface area contributed by atoms with E-state index in [2.05, 4.69) is 10.5 Å². The number of hydrogen-bond acceptors (Lipinski definition) is 4. The standard InChI is InChI=1S/C23H22FN3O3/c1-14(25-26-21(28)16-5-4-6-17(24)13-16)15-9-11-18(12-10-15)27-22(29)19-7-2-3-8-20(19)23(27)30/h4-6,9-13,19-20H,2-3,7-8H2,1H3,(H,26,28)/b25-14-/t19-,20-/m1/s1. The number of hydrogen-bond donors (Lipinski definition) is 1. The van der Waals surface area contributed by atoms with Crippen molar-refractivity contribution in [2.45, 2.75) is 32.6 Å². The van der Waals surface area contributed by atoms with Crippen molar-refractivity contribution in [3.63, 3.8) is 0 Å². The van der Waals surface area contributed by atoms with Gasteiger partial charge in [0.05, 0.1) is 23.2 Å². The molecule has 1 saturated heterocycles. The lowest BCUT2D eigenvalue weighted by Gasteiger charge is -2.19. The lowest BCUT2D eigenvalue weighted by Crippen LogP contribution is -2.30. The number of nitrogens with zero attached hydrogens (tertiary/aromatic N) is 2. The second-order valence-corrected chi connectivity index (χ2v) is 7.70. The Morgan fingerprint density at radius 3 is 2.23 bits per heavy atom. The van der Waals surface area contributed by atoms with E-state index in [4.69, 9.17) is 0 Å². The molecule has 2 fully saturated rings. The van der Waals surface area contributed by atoms with Gasteiger partial charge in [-0.2, -0.15) is 5.10 Å². The number of carbonyl (C=O) groups is 3. The van der Waals surface area contributed by atoms with Gasteiger partial charge in [0.2, 0.25) is 11.8 Å². The van der Waals surface area contributed by atoms with Gasteiger partial charge in [-0.3, -0.25) is 19.3 Å². The molecule has 1 heterocycles. The molecule has 0 spiro atoms. The Hall–Kier alpha value is -3.35. The molecule has 0 unspecified atom stereocenters. The van der Waals surface area contributed by atoms with Gasteiger partial charge in [0.15, 0.2) is 0 Å². The lowest BCUT2D eigenvalue weighted by molar-refractivity contribution is -0.122. The van der Waals surface area contributed by atoms with Crippen LogP contribution in [0.5, 0.6) is 0 Å². The van der Waals surface area contributed by atoms with E-state index in [1.165, 1.54) is 23.1 Å². The van der Waals surface area contributed by atoms with E-state index in [-0.39, 0.29) is 29.2 Å². The van der Waals surface area contributed by atoms with Crippen LogP contribution in [-0.2, 0) is 9.59 Å². The predicted octanol–water partition coefficient (Wildman–Crippen LogP) is 3.66. The summed E-state index contributed by atoms with van der Waals surface area (Å²) in [4.78, 5) is 38.8. The van der Waals surface area contributed by atoms with Gasteiger partial charge in [-0.25, -0.2) is 9.82 Å². The number of imide groups is 1. The molecule has 1 aliphatic carbocycles. The maximum atomic E-state index is 13.2. The van der Waals surface area contributed by atoms with Crippen molar-refractivity contribution in [2.24, 2.45) is 16.9 Å². The zero-order valence-corrected chi connectivity index (χ0v) is 16.6. The number of amides is 3. The van der Waals surface area contributed by atoms with Gasteiger partial charge in [0.25, 0.3) is 5.91 Å². The first-order chi connectivity index (χ1) is 14.5. The zero-order chi connectivity index (χ0) is 21.3. The molecule has 2 aromatic carbocycles. The quantitative estimate of drug-likeness (QED) is 0.477. The van der Waals surface area contributed by atoms with Crippen LogP contribution in [0.3, 0.4) is 0 Å². The van der Waals surface area contributed by atoms with Crippen LogP contribution in [0.2, 0.25) is 0 Å². The molecule has 4 rings (SSSR count). The Morgan fingerprint density at radius 1 is 1.00 bits per heavy atom. The largest absolute Gasteiger partial charge is 0.274 e. The summed E-state index contributed by atoms with van der Waals surface area (Å²) in [6, 6.07) is 12.3. The summed E-state index contributed by atoms with van der Waals surface area (Å²) < 4.78 is 13.2. The monoisotopic (exact) mass is 407 g/mol. The molecule has 1 aliphatic heterocycles. The molecule has 7 heteroatoms. The third kappa shape index (κ3) is 3.75. The minimum absolute atomic E-state index is 0.106. The fraction of sp³-hybridized carbons (Fsp3) is 0.304. The molecule has 154 valence electrons. The molecule has 3 amide bonds. The average molecular weight is 407 g/mol. The van der Waals surface area contributed by atoms with Gasteiger partial charge < -0.3 is 0 Å². The zero-order valence-electron chi connectivity index (χ0n) is 16.6. The van der Waals surface area contributed by atoms with Crippen molar-refractivity contribution in [1.29, 1.82) is 0 Å². The average Bonchev–Trinajstić information content (AvgIpc) is 3.02.